The summed E-state index contributed by atoms with van der Waals surface area (Å²) < 4.78 is 5.66. The predicted octanol–water partition coefficient (Wildman–Crippen LogP) is 3.59. The van der Waals surface area contributed by atoms with E-state index >= 15 is 0 Å². The third-order valence-corrected chi connectivity index (χ3v) is 5.65. The molecular weight excluding hydrogens is 320 g/mol. The molecular formula is C19H26N2O2S. The molecule has 2 aromatic rings. The zero-order chi connectivity index (χ0) is 16.9. The normalized spacial score (nSPS) is 20.4. The summed E-state index contributed by atoms with van der Waals surface area (Å²) in [5.74, 6) is 0.476. The summed E-state index contributed by atoms with van der Waals surface area (Å²) in [6.45, 7) is 7.50. The lowest BCUT2D eigenvalue weighted by Crippen LogP contribution is -2.45. The molecule has 1 N–H and O–H groups in total. The van der Waals surface area contributed by atoms with Crippen LogP contribution < -0.4 is 0 Å². The van der Waals surface area contributed by atoms with Gasteiger partial charge in [-0.15, -0.1) is 11.3 Å². The van der Waals surface area contributed by atoms with Crippen LogP contribution in [0.2, 0.25) is 0 Å². The largest absolute Gasteiger partial charge is 0.388 e. The number of benzene rings is 1. The van der Waals surface area contributed by atoms with E-state index in [0.717, 1.165) is 31.0 Å². The Kier molecular flexibility index (Phi) is 6.00. The molecule has 2 atom stereocenters. The van der Waals surface area contributed by atoms with Gasteiger partial charge in [0, 0.05) is 30.4 Å². The van der Waals surface area contributed by atoms with Gasteiger partial charge in [-0.3, -0.25) is 4.90 Å². The fourth-order valence-electron chi connectivity index (χ4n) is 3.05. The van der Waals surface area contributed by atoms with Crippen LogP contribution in [-0.2, 0) is 11.3 Å². The molecule has 1 aromatic carbocycles. The molecule has 1 aliphatic heterocycles. The molecule has 1 fully saturated rings. The Morgan fingerprint density at radius 1 is 1.33 bits per heavy atom. The van der Waals surface area contributed by atoms with E-state index in [2.05, 4.69) is 24.1 Å². The lowest BCUT2D eigenvalue weighted by atomic mass is 10.0. The monoisotopic (exact) mass is 346 g/mol. The molecule has 0 radical (unpaired) electrons. The van der Waals surface area contributed by atoms with Crippen LogP contribution in [0.15, 0.2) is 35.7 Å². The third-order valence-electron chi connectivity index (χ3n) is 4.46. The minimum atomic E-state index is -0.456. The molecule has 130 valence electrons. The zero-order valence-electron chi connectivity index (χ0n) is 14.4. The van der Waals surface area contributed by atoms with Crippen molar-refractivity contribution in [1.29, 1.82) is 0 Å². The topological polar surface area (TPSA) is 45.6 Å². The van der Waals surface area contributed by atoms with Gasteiger partial charge in [0.05, 0.1) is 30.0 Å². The maximum Gasteiger partial charge on any atom is 0.0954 e. The van der Waals surface area contributed by atoms with Crippen molar-refractivity contribution in [2.45, 2.75) is 44.9 Å². The number of hydrogen-bond acceptors (Lipinski definition) is 5. The summed E-state index contributed by atoms with van der Waals surface area (Å²) in [4.78, 5) is 7.15. The summed E-state index contributed by atoms with van der Waals surface area (Å²) >= 11 is 1.74. The van der Waals surface area contributed by atoms with Crippen LogP contribution in [0.3, 0.4) is 0 Å². The Hall–Kier alpha value is -1.27. The third kappa shape index (κ3) is 4.42. The van der Waals surface area contributed by atoms with Crippen molar-refractivity contribution < 1.29 is 9.84 Å². The van der Waals surface area contributed by atoms with E-state index in [0.29, 0.717) is 18.9 Å². The fraction of sp³-hybridized carbons (Fsp3) is 0.526. The maximum atomic E-state index is 10.5. The second kappa shape index (κ2) is 8.21. The molecule has 3 rings (SSSR count). The maximum absolute atomic E-state index is 10.5. The van der Waals surface area contributed by atoms with Crippen molar-refractivity contribution in [2.24, 2.45) is 0 Å². The van der Waals surface area contributed by atoms with E-state index in [-0.39, 0.29) is 6.04 Å². The predicted molar refractivity (Wildman–Crippen MR) is 97.2 cm³/mol. The van der Waals surface area contributed by atoms with Crippen LogP contribution in [0.25, 0.3) is 0 Å². The molecule has 5 heteroatoms. The number of rotatable bonds is 6. The minimum absolute atomic E-state index is 0.221. The Balaban J connectivity index is 1.64. The fourth-order valence-corrected chi connectivity index (χ4v) is 3.88. The Bertz CT molecular complexity index is 629. The van der Waals surface area contributed by atoms with Gasteiger partial charge in [-0.05, 0) is 12.0 Å². The Morgan fingerprint density at radius 3 is 2.83 bits per heavy atom. The van der Waals surface area contributed by atoms with Gasteiger partial charge in [-0.1, -0.05) is 44.2 Å². The number of thiazole rings is 1. The molecule has 24 heavy (non-hydrogen) atoms. The molecule has 4 nitrogen and oxygen atoms in total. The van der Waals surface area contributed by atoms with Crippen LogP contribution in [0, 0.1) is 0 Å². The Morgan fingerprint density at radius 2 is 2.12 bits per heavy atom. The van der Waals surface area contributed by atoms with Crippen LogP contribution in [-0.4, -0.2) is 40.8 Å². The first-order chi connectivity index (χ1) is 11.6. The number of aromatic nitrogens is 1. The van der Waals surface area contributed by atoms with Gasteiger partial charge in [0.15, 0.2) is 0 Å². The summed E-state index contributed by atoms with van der Waals surface area (Å²) in [6, 6.07) is 10.1. The lowest BCUT2D eigenvalue weighted by molar-refractivity contribution is -0.0304. The second-order valence-electron chi connectivity index (χ2n) is 6.69. The summed E-state index contributed by atoms with van der Waals surface area (Å²) in [5, 5.41) is 13.9. The van der Waals surface area contributed by atoms with Gasteiger partial charge >= 0.3 is 0 Å². The molecule has 0 saturated carbocycles. The molecule has 1 saturated heterocycles. The summed E-state index contributed by atoms with van der Waals surface area (Å²) in [7, 11) is 0. The Labute approximate surface area is 148 Å². The van der Waals surface area contributed by atoms with Crippen molar-refractivity contribution in [3.63, 3.8) is 0 Å². The number of morpholine rings is 1. The van der Waals surface area contributed by atoms with E-state index in [9.17, 15) is 5.11 Å². The first-order valence-corrected chi connectivity index (χ1v) is 9.50. The van der Waals surface area contributed by atoms with E-state index in [1.54, 1.807) is 11.3 Å². The number of aliphatic hydroxyl groups is 1. The SMILES string of the molecule is CC(C)c1nc(CN2CCOCC2CC(O)c2ccccc2)cs1. The molecule has 2 unspecified atom stereocenters. The lowest BCUT2D eigenvalue weighted by Gasteiger charge is -2.36. The van der Waals surface area contributed by atoms with Crippen LogP contribution in [0.5, 0.6) is 0 Å². The first kappa shape index (κ1) is 17.5. The molecule has 0 bridgehead atoms. The average Bonchev–Trinajstić information content (AvgIpc) is 3.06. The van der Waals surface area contributed by atoms with Gasteiger partial charge in [0.25, 0.3) is 0 Å². The van der Waals surface area contributed by atoms with Crippen molar-refractivity contribution in [2.75, 3.05) is 19.8 Å². The molecule has 0 spiro atoms. The summed E-state index contributed by atoms with van der Waals surface area (Å²) in [5.41, 5.74) is 2.10. The molecule has 1 aliphatic rings. The van der Waals surface area contributed by atoms with Gasteiger partial charge in [-0.25, -0.2) is 4.98 Å². The smallest absolute Gasteiger partial charge is 0.0954 e. The number of aliphatic hydroxyl groups excluding tert-OH is 1. The highest BCUT2D eigenvalue weighted by molar-refractivity contribution is 7.09. The van der Waals surface area contributed by atoms with Crippen molar-refractivity contribution >= 4 is 11.3 Å². The van der Waals surface area contributed by atoms with E-state index < -0.39 is 6.10 Å². The number of nitrogens with zero attached hydrogens (tertiary/aromatic N) is 2. The highest BCUT2D eigenvalue weighted by Gasteiger charge is 2.26. The van der Waals surface area contributed by atoms with Crippen molar-refractivity contribution in [3.05, 3.63) is 52.0 Å². The highest BCUT2D eigenvalue weighted by atomic mass is 32.1. The molecule has 1 aromatic heterocycles. The zero-order valence-corrected chi connectivity index (χ0v) is 15.2. The number of hydrogen-bond donors (Lipinski definition) is 1. The number of ether oxygens (including phenoxy) is 1. The van der Waals surface area contributed by atoms with Gasteiger partial charge in [0.2, 0.25) is 0 Å². The quantitative estimate of drug-likeness (QED) is 0.868. The van der Waals surface area contributed by atoms with Crippen LogP contribution in [0.1, 0.15) is 48.6 Å². The van der Waals surface area contributed by atoms with Crippen LogP contribution in [0.4, 0.5) is 0 Å². The summed E-state index contributed by atoms with van der Waals surface area (Å²) in [6.07, 6.45) is 0.229. The molecule has 0 aliphatic carbocycles. The van der Waals surface area contributed by atoms with Crippen molar-refractivity contribution in [1.82, 2.24) is 9.88 Å². The minimum Gasteiger partial charge on any atom is -0.388 e. The van der Waals surface area contributed by atoms with Gasteiger partial charge in [-0.2, -0.15) is 0 Å². The van der Waals surface area contributed by atoms with Crippen LogP contribution >= 0.6 is 11.3 Å². The highest BCUT2D eigenvalue weighted by Crippen LogP contribution is 2.25. The van der Waals surface area contributed by atoms with E-state index in [4.69, 9.17) is 9.72 Å². The standard InChI is InChI=1S/C19H26N2O2S/c1-14(2)19-20-16(13-24-19)11-21-8-9-23-12-17(21)10-18(22)15-6-4-3-5-7-15/h3-7,13-14,17-18,22H,8-12H2,1-2H3. The van der Waals surface area contributed by atoms with Crippen molar-refractivity contribution in [3.8, 4) is 0 Å². The van der Waals surface area contributed by atoms with E-state index in [1.807, 2.05) is 30.3 Å². The first-order valence-electron chi connectivity index (χ1n) is 8.62. The molecule has 2 heterocycles. The second-order valence-corrected chi connectivity index (χ2v) is 7.58. The van der Waals surface area contributed by atoms with Gasteiger partial charge in [0.1, 0.15) is 0 Å². The van der Waals surface area contributed by atoms with E-state index in [1.165, 1.54) is 5.01 Å². The average molecular weight is 346 g/mol. The molecule has 0 amide bonds. The van der Waals surface area contributed by atoms with Gasteiger partial charge < -0.3 is 9.84 Å².